The maximum Gasteiger partial charge on any atom is 0.488 e. The fourth-order valence-electron chi connectivity index (χ4n) is 2.95. The minimum Gasteiger partial charge on any atom is -0.396 e. The zero-order chi connectivity index (χ0) is 23.9. The van der Waals surface area contributed by atoms with E-state index in [0.717, 1.165) is 12.4 Å². The van der Waals surface area contributed by atoms with Gasteiger partial charge >= 0.3 is 23.2 Å². The molecule has 32 heavy (non-hydrogen) atoms. The van der Waals surface area contributed by atoms with Gasteiger partial charge in [0.1, 0.15) is 17.9 Å². The van der Waals surface area contributed by atoms with Crippen LogP contribution in [-0.2, 0) is 27.1 Å². The fourth-order valence-corrected chi connectivity index (χ4v) is 6.20. The highest BCUT2D eigenvalue weighted by atomic mass is 31.3. The summed E-state index contributed by atoms with van der Waals surface area (Å²) in [6.45, 7) is -0.632. The van der Waals surface area contributed by atoms with Crippen LogP contribution >= 0.6 is 23.2 Å². The van der Waals surface area contributed by atoms with Crippen molar-refractivity contribution >= 4 is 40.2 Å². The van der Waals surface area contributed by atoms with Gasteiger partial charge in [-0.25, -0.2) is 28.4 Å². The van der Waals surface area contributed by atoms with Crippen molar-refractivity contribution in [2.24, 2.45) is 5.92 Å². The van der Waals surface area contributed by atoms with Gasteiger partial charge in [-0.3, -0.25) is 9.13 Å². The molecule has 3 rings (SSSR count). The van der Waals surface area contributed by atoms with E-state index in [-0.39, 0.29) is 17.0 Å². The first-order chi connectivity index (χ1) is 14.7. The highest BCUT2D eigenvalue weighted by molar-refractivity contribution is 7.69. The number of fused-ring (bicyclic) bond motifs is 1. The Kier molecular flexibility index (Phi) is 7.04. The number of imidazole rings is 1. The van der Waals surface area contributed by atoms with Gasteiger partial charge in [0.25, 0.3) is 0 Å². The first-order valence-corrected chi connectivity index (χ1v) is 13.1. The van der Waals surface area contributed by atoms with Crippen LogP contribution < -0.4 is 5.73 Å². The lowest BCUT2D eigenvalue weighted by atomic mass is 9.99. The van der Waals surface area contributed by atoms with Crippen LogP contribution in [0.5, 0.6) is 0 Å². The second-order valence-electron chi connectivity index (χ2n) is 6.44. The van der Waals surface area contributed by atoms with Crippen LogP contribution in [0.15, 0.2) is 24.5 Å². The molecule has 2 unspecified atom stereocenters. The molecule has 0 radical (unpaired) electrons. The zero-order valence-electron chi connectivity index (χ0n) is 15.7. The second-order valence-corrected chi connectivity index (χ2v) is 11.1. The van der Waals surface area contributed by atoms with Gasteiger partial charge < -0.3 is 40.3 Å². The molecule has 0 spiro atoms. The van der Waals surface area contributed by atoms with Gasteiger partial charge in [-0.1, -0.05) is 0 Å². The van der Waals surface area contributed by atoms with E-state index in [4.69, 9.17) is 20.3 Å². The Bertz CT molecular complexity index is 1170. The summed E-state index contributed by atoms with van der Waals surface area (Å²) in [6, 6.07) is 0. The molecule has 2 aromatic rings. The molecule has 1 fully saturated rings. The molecule has 0 saturated carbocycles. The maximum absolute atomic E-state index is 12.0. The number of anilines is 1. The lowest BCUT2D eigenvalue weighted by molar-refractivity contribution is -0.0234. The van der Waals surface area contributed by atoms with Gasteiger partial charge in [-0.05, 0) is 6.08 Å². The molecule has 178 valence electrons. The monoisotopic (exact) mass is 517 g/mol. The number of nitrogen functional groups attached to an aromatic ring is 1. The molecule has 1 aliphatic rings. The minimum absolute atomic E-state index is 0.0701. The van der Waals surface area contributed by atoms with Gasteiger partial charge in [0, 0.05) is 11.7 Å². The Morgan fingerprint density at radius 2 is 1.84 bits per heavy atom. The molecule has 8 N–H and O–H groups in total. The summed E-state index contributed by atoms with van der Waals surface area (Å²) in [5, 5.41) is 20.2. The van der Waals surface area contributed by atoms with Crippen LogP contribution in [-0.4, -0.2) is 68.1 Å². The smallest absolute Gasteiger partial charge is 0.396 e. The van der Waals surface area contributed by atoms with E-state index < -0.39 is 54.2 Å². The minimum atomic E-state index is -5.62. The summed E-state index contributed by atoms with van der Waals surface area (Å²) in [7, 11) is -16.2. The summed E-state index contributed by atoms with van der Waals surface area (Å²) in [6.07, 6.45) is -0.450. The summed E-state index contributed by atoms with van der Waals surface area (Å²) < 4.78 is 48.5. The standard InChI is InChI=1S/C12H18N5O12P3/c13-10-8-11(15-4-14-10)17(5-16-8)12-9(19)6(3-18)7(27-12)1-2-30(20,21)28-32(25,26)29-31(22,23)24/h1-2,4-7,9,12,18-19H,3H2,(H,20,21)(H,25,26)(H2,13,14,15)(H2,22,23,24)/t6-,7-,9-,12-/m1/s1. The third kappa shape index (κ3) is 5.66. The lowest BCUT2D eigenvalue weighted by Crippen LogP contribution is -2.28. The number of nitrogens with two attached hydrogens (primary N) is 1. The average molecular weight is 517 g/mol. The molecule has 0 amide bonds. The van der Waals surface area contributed by atoms with Crippen molar-refractivity contribution in [2.75, 3.05) is 12.3 Å². The van der Waals surface area contributed by atoms with E-state index in [2.05, 4.69) is 23.6 Å². The van der Waals surface area contributed by atoms with Gasteiger partial charge in [0.05, 0.1) is 19.0 Å². The number of hydrogen-bond donors (Lipinski definition) is 7. The molecular weight excluding hydrogens is 499 g/mol. The molecule has 20 heteroatoms. The van der Waals surface area contributed by atoms with Crippen LogP contribution in [0.4, 0.5) is 5.82 Å². The molecule has 6 atom stereocenters. The number of phosphoric acid groups is 2. The van der Waals surface area contributed by atoms with Crippen LogP contribution in [0, 0.1) is 5.92 Å². The molecule has 1 aliphatic heterocycles. The van der Waals surface area contributed by atoms with Crippen molar-refractivity contribution in [3.05, 3.63) is 24.5 Å². The topological polar surface area (TPSA) is 270 Å². The van der Waals surface area contributed by atoms with Gasteiger partial charge in [-0.2, -0.15) is 4.31 Å². The Morgan fingerprint density at radius 3 is 2.47 bits per heavy atom. The molecule has 0 aromatic carbocycles. The number of rotatable bonds is 8. The van der Waals surface area contributed by atoms with Crippen molar-refractivity contribution in [2.45, 2.75) is 18.4 Å². The molecule has 1 saturated heterocycles. The first-order valence-electron chi connectivity index (χ1n) is 8.43. The summed E-state index contributed by atoms with van der Waals surface area (Å²) in [5.74, 6) is -0.575. The number of ether oxygens (including phenoxy) is 1. The van der Waals surface area contributed by atoms with E-state index in [1.54, 1.807) is 0 Å². The van der Waals surface area contributed by atoms with E-state index in [0.29, 0.717) is 5.82 Å². The number of nitrogens with zero attached hydrogens (tertiary/aromatic N) is 4. The third-order valence-electron chi connectivity index (χ3n) is 4.22. The highest BCUT2D eigenvalue weighted by Gasteiger charge is 2.44. The van der Waals surface area contributed by atoms with Gasteiger partial charge in [0.15, 0.2) is 17.7 Å². The number of aliphatic hydroxyl groups excluding tert-OH is 2. The van der Waals surface area contributed by atoms with E-state index in [1.807, 2.05) is 0 Å². The Labute approximate surface area is 178 Å². The Morgan fingerprint density at radius 1 is 1.16 bits per heavy atom. The fraction of sp³-hybridized carbons (Fsp3) is 0.417. The van der Waals surface area contributed by atoms with E-state index in [9.17, 15) is 33.7 Å². The molecule has 2 aromatic heterocycles. The van der Waals surface area contributed by atoms with Gasteiger partial charge in [-0.15, -0.1) is 0 Å². The van der Waals surface area contributed by atoms with Crippen LogP contribution in [0.2, 0.25) is 0 Å². The molecule has 3 heterocycles. The lowest BCUT2D eigenvalue weighted by Gasteiger charge is -2.17. The zero-order valence-corrected chi connectivity index (χ0v) is 18.3. The quantitative estimate of drug-likeness (QED) is 0.211. The first kappa shape index (κ1) is 25.1. The van der Waals surface area contributed by atoms with Crippen molar-refractivity contribution in [1.29, 1.82) is 0 Å². The number of aromatic nitrogens is 4. The molecule has 0 aliphatic carbocycles. The van der Waals surface area contributed by atoms with Crippen molar-refractivity contribution < 1.29 is 56.8 Å². The Balaban J connectivity index is 1.81. The Hall–Kier alpha value is -1.58. The second kappa shape index (κ2) is 8.99. The van der Waals surface area contributed by atoms with E-state index in [1.165, 1.54) is 10.9 Å². The number of aliphatic hydroxyl groups is 2. The normalized spacial score (nSPS) is 28.2. The van der Waals surface area contributed by atoms with Crippen molar-refractivity contribution in [3.8, 4) is 0 Å². The third-order valence-corrected chi connectivity index (χ3v) is 8.20. The summed E-state index contributed by atoms with van der Waals surface area (Å²) in [4.78, 5) is 47.8. The SMILES string of the molecule is Nc1ncnc2c1ncn2[C@@H]1O[C@H](C=CP(=O)(O)OP(=O)(O)OP(=O)(O)O)[C@@H](CO)[C@H]1O. The van der Waals surface area contributed by atoms with E-state index >= 15 is 0 Å². The van der Waals surface area contributed by atoms with Crippen molar-refractivity contribution in [1.82, 2.24) is 19.5 Å². The highest BCUT2D eigenvalue weighted by Crippen LogP contribution is 2.66. The van der Waals surface area contributed by atoms with Crippen molar-refractivity contribution in [3.63, 3.8) is 0 Å². The van der Waals surface area contributed by atoms with Crippen LogP contribution in [0.3, 0.4) is 0 Å². The predicted molar refractivity (Wildman–Crippen MR) is 103 cm³/mol. The maximum atomic E-state index is 12.0. The predicted octanol–water partition coefficient (Wildman–Crippen LogP) is -0.799. The summed E-state index contributed by atoms with van der Waals surface area (Å²) in [5.41, 5.74) is 6.14. The molecule has 17 nitrogen and oxygen atoms in total. The summed E-state index contributed by atoms with van der Waals surface area (Å²) >= 11 is 0. The van der Waals surface area contributed by atoms with Gasteiger partial charge in [0.2, 0.25) is 0 Å². The molecular formula is C12H18N5O12P3. The number of hydrogen-bond acceptors (Lipinski definition) is 12. The average Bonchev–Trinajstić information content (AvgIpc) is 3.18. The van der Waals surface area contributed by atoms with Crippen LogP contribution in [0.25, 0.3) is 11.2 Å². The van der Waals surface area contributed by atoms with Crippen LogP contribution in [0.1, 0.15) is 6.23 Å². The largest absolute Gasteiger partial charge is 0.488 e. The molecule has 0 bridgehead atoms.